The molecule has 3 heterocycles. The van der Waals surface area contributed by atoms with Crippen molar-refractivity contribution in [3.05, 3.63) is 105 Å². The fraction of sp³-hybridized carbons (Fsp3) is 0.200. The third kappa shape index (κ3) is 5.78. The lowest BCUT2D eigenvalue weighted by atomic mass is 10.0. The lowest BCUT2D eigenvalue weighted by Crippen LogP contribution is -2.47. The number of hydrogen-bond donors (Lipinski definition) is 5. The molecule has 2 aliphatic rings. The van der Waals surface area contributed by atoms with Crippen molar-refractivity contribution in [3.63, 3.8) is 0 Å². The molecule has 1 unspecified atom stereocenters. The molecule has 12 heteroatoms. The van der Waals surface area contributed by atoms with E-state index in [-0.39, 0.29) is 16.4 Å². The Hall–Kier alpha value is -4.14. The highest BCUT2D eigenvalue weighted by molar-refractivity contribution is 6.36. The number of pyridine rings is 1. The fourth-order valence-electron chi connectivity index (χ4n) is 5.21. The zero-order chi connectivity index (χ0) is 29.2. The number of hydrogen-bond acceptors (Lipinski definition) is 8. The smallest absolute Gasteiger partial charge is 0.141 e. The summed E-state index contributed by atoms with van der Waals surface area (Å²) < 4.78 is 27.7. The lowest BCUT2D eigenvalue weighted by molar-refractivity contribution is 0.162. The van der Waals surface area contributed by atoms with Gasteiger partial charge in [-0.3, -0.25) is 9.99 Å². The fourth-order valence-corrected chi connectivity index (χ4v) is 5.66. The Labute approximate surface area is 251 Å². The van der Waals surface area contributed by atoms with Crippen LogP contribution in [0.3, 0.4) is 0 Å². The van der Waals surface area contributed by atoms with Crippen LogP contribution in [0.4, 0.5) is 25.8 Å². The molecule has 0 spiro atoms. The number of nitriles is 1. The van der Waals surface area contributed by atoms with Gasteiger partial charge in [0.1, 0.15) is 17.7 Å². The number of aromatic nitrogens is 1. The van der Waals surface area contributed by atoms with Gasteiger partial charge < -0.3 is 21.4 Å². The number of rotatable bonds is 7. The van der Waals surface area contributed by atoms with Crippen LogP contribution >= 0.6 is 23.2 Å². The number of hydrazine groups is 2. The SMILES string of the molecule is N#Cc1cnc2c(Cl)cc(NC(C3=CN(C4CCNCC4)NN3)c3ccc(F)cc3)cc2c1Nc1ccc(F)c(Cl)c1. The second-order valence-electron chi connectivity index (χ2n) is 10.1. The monoisotopic (exact) mass is 606 g/mol. The van der Waals surface area contributed by atoms with Gasteiger partial charge in [0.15, 0.2) is 0 Å². The van der Waals surface area contributed by atoms with Gasteiger partial charge in [-0.05, 0) is 74.0 Å². The maximum atomic E-state index is 13.9. The third-order valence-corrected chi connectivity index (χ3v) is 7.95. The van der Waals surface area contributed by atoms with Gasteiger partial charge in [-0.25, -0.2) is 8.78 Å². The van der Waals surface area contributed by atoms with Gasteiger partial charge in [-0.1, -0.05) is 35.3 Å². The summed E-state index contributed by atoms with van der Waals surface area (Å²) in [7, 11) is 0. The highest BCUT2D eigenvalue weighted by Crippen LogP contribution is 2.37. The second-order valence-corrected chi connectivity index (χ2v) is 10.9. The number of anilines is 3. The highest BCUT2D eigenvalue weighted by Gasteiger charge is 2.27. The Morgan fingerprint density at radius 1 is 1.00 bits per heavy atom. The summed E-state index contributed by atoms with van der Waals surface area (Å²) in [5, 5.41) is 22.9. The van der Waals surface area contributed by atoms with Crippen molar-refractivity contribution in [2.45, 2.75) is 24.9 Å². The molecule has 6 rings (SSSR count). The zero-order valence-corrected chi connectivity index (χ0v) is 23.7. The van der Waals surface area contributed by atoms with E-state index < -0.39 is 11.9 Å². The predicted octanol–water partition coefficient (Wildman–Crippen LogP) is 6.51. The first-order valence-corrected chi connectivity index (χ1v) is 14.1. The normalized spacial score (nSPS) is 16.1. The number of nitrogens with one attached hydrogen (secondary N) is 5. The number of benzene rings is 3. The number of halogens is 4. The van der Waals surface area contributed by atoms with Gasteiger partial charge in [0.25, 0.3) is 0 Å². The van der Waals surface area contributed by atoms with Gasteiger partial charge in [0.05, 0.1) is 38.6 Å². The van der Waals surface area contributed by atoms with Gasteiger partial charge in [-0.15, -0.1) is 5.53 Å². The highest BCUT2D eigenvalue weighted by atomic mass is 35.5. The molecule has 1 atom stereocenters. The van der Waals surface area contributed by atoms with Crippen molar-refractivity contribution in [2.75, 3.05) is 23.7 Å². The Morgan fingerprint density at radius 2 is 1.76 bits per heavy atom. The molecule has 1 saturated heterocycles. The van der Waals surface area contributed by atoms with Crippen LogP contribution in [0.2, 0.25) is 10.0 Å². The van der Waals surface area contributed by atoms with Crippen molar-refractivity contribution < 1.29 is 8.78 Å². The molecule has 0 amide bonds. The molecule has 3 aromatic carbocycles. The summed E-state index contributed by atoms with van der Waals surface area (Å²) in [6.45, 7) is 1.89. The topological polar surface area (TPSA) is 100 Å². The Balaban J connectivity index is 1.39. The van der Waals surface area contributed by atoms with E-state index in [1.165, 1.54) is 36.5 Å². The van der Waals surface area contributed by atoms with E-state index in [0.717, 1.165) is 37.2 Å². The summed E-state index contributed by atoms with van der Waals surface area (Å²) in [6.07, 6.45) is 5.46. The van der Waals surface area contributed by atoms with Crippen molar-refractivity contribution in [1.29, 1.82) is 5.26 Å². The minimum Gasteiger partial charge on any atom is -0.373 e. The minimum atomic E-state index is -0.549. The molecular weight excluding hydrogens is 581 g/mol. The summed E-state index contributed by atoms with van der Waals surface area (Å²) >= 11 is 12.7. The molecule has 8 nitrogen and oxygen atoms in total. The molecule has 0 saturated carbocycles. The molecule has 42 heavy (non-hydrogen) atoms. The van der Waals surface area contributed by atoms with Crippen LogP contribution in [0, 0.1) is 23.0 Å². The van der Waals surface area contributed by atoms with Crippen LogP contribution < -0.4 is 26.9 Å². The summed E-state index contributed by atoms with van der Waals surface area (Å²) in [4.78, 5) is 4.42. The van der Waals surface area contributed by atoms with Crippen LogP contribution in [0.1, 0.15) is 30.0 Å². The van der Waals surface area contributed by atoms with Crippen molar-refractivity contribution in [3.8, 4) is 6.07 Å². The Kier molecular flexibility index (Phi) is 8.00. The van der Waals surface area contributed by atoms with Crippen LogP contribution in [-0.4, -0.2) is 29.1 Å². The average Bonchev–Trinajstić information content (AvgIpc) is 3.49. The molecule has 4 aromatic rings. The van der Waals surface area contributed by atoms with E-state index >= 15 is 0 Å². The Morgan fingerprint density at radius 3 is 2.50 bits per heavy atom. The van der Waals surface area contributed by atoms with Crippen molar-refractivity contribution >= 4 is 51.2 Å². The summed E-state index contributed by atoms with van der Waals surface area (Å²) in [5.74, 6) is -0.882. The van der Waals surface area contributed by atoms with Crippen molar-refractivity contribution in [1.82, 2.24) is 26.3 Å². The predicted molar refractivity (Wildman–Crippen MR) is 161 cm³/mol. The van der Waals surface area contributed by atoms with E-state index in [1.54, 1.807) is 18.2 Å². The second kappa shape index (κ2) is 12.0. The van der Waals surface area contributed by atoms with Crippen LogP contribution in [0.5, 0.6) is 0 Å². The molecule has 214 valence electrons. The Bertz CT molecular complexity index is 1700. The first-order chi connectivity index (χ1) is 20.4. The van der Waals surface area contributed by atoms with E-state index in [0.29, 0.717) is 39.0 Å². The minimum absolute atomic E-state index is 0.0520. The largest absolute Gasteiger partial charge is 0.373 e. The number of piperidine rings is 1. The van der Waals surface area contributed by atoms with E-state index in [9.17, 15) is 14.0 Å². The number of fused-ring (bicyclic) bond motifs is 1. The molecule has 5 N–H and O–H groups in total. The van der Waals surface area contributed by atoms with Crippen LogP contribution in [-0.2, 0) is 0 Å². The molecular formula is C30H26Cl2F2N8. The van der Waals surface area contributed by atoms with Gasteiger partial charge >= 0.3 is 0 Å². The maximum absolute atomic E-state index is 13.9. The van der Waals surface area contributed by atoms with Gasteiger partial charge in [0.2, 0.25) is 0 Å². The third-order valence-electron chi connectivity index (χ3n) is 7.37. The first kappa shape index (κ1) is 28.0. The average molecular weight is 607 g/mol. The zero-order valence-electron chi connectivity index (χ0n) is 22.2. The lowest BCUT2D eigenvalue weighted by Gasteiger charge is -2.30. The van der Waals surface area contributed by atoms with Crippen LogP contribution in [0.15, 0.2) is 72.7 Å². The van der Waals surface area contributed by atoms with Gasteiger partial charge in [-0.2, -0.15) is 5.26 Å². The molecule has 0 aliphatic carbocycles. The molecule has 1 fully saturated rings. The maximum Gasteiger partial charge on any atom is 0.141 e. The molecule has 0 radical (unpaired) electrons. The molecule has 2 aliphatic heterocycles. The van der Waals surface area contributed by atoms with E-state index in [4.69, 9.17) is 23.2 Å². The van der Waals surface area contributed by atoms with Crippen LogP contribution in [0.25, 0.3) is 10.9 Å². The quantitative estimate of drug-likeness (QED) is 0.162. The standard InChI is InChI=1S/C30H26Cl2F2N8/c31-24-12-20(5-6-26(24)34)38-28-18(14-35)15-37-30-23(28)11-21(13-25(30)32)39-29(17-1-3-19(33)4-2-17)27-16-42(41-40-27)22-7-9-36-10-8-22/h1-6,11-13,15-16,22,29,36,39-41H,7-10H2,(H,37,38). The van der Waals surface area contributed by atoms with E-state index in [1.807, 2.05) is 12.3 Å². The van der Waals surface area contributed by atoms with E-state index in [2.05, 4.69) is 43.0 Å². The molecule has 1 aromatic heterocycles. The first-order valence-electron chi connectivity index (χ1n) is 13.4. The number of nitrogens with zero attached hydrogens (tertiary/aromatic N) is 3. The molecule has 0 bridgehead atoms. The summed E-state index contributed by atoms with van der Waals surface area (Å²) in [5.41, 5.74) is 10.5. The van der Waals surface area contributed by atoms with Crippen molar-refractivity contribution in [2.24, 2.45) is 0 Å². The van der Waals surface area contributed by atoms with Gasteiger partial charge in [0, 0.05) is 35.2 Å². The summed E-state index contributed by atoms with van der Waals surface area (Å²) in [6, 6.07) is 16.2.